The lowest BCUT2D eigenvalue weighted by molar-refractivity contribution is -0.161. The standard InChI is InChI=1S/C45H78O14P2/c1-4-5-6-7-8-9-10-11-14-17-20-23-27-32-41(46)33-28-25-30-35-45(49)59-43(39-58-61(53,54)57-37-42(47)36-56-60(50,51)52)38-55-44(48)34-29-24-21-18-15-12-13-16-19-22-26-31-40(2)3/h5-6,8-9,11,14,20,23,25,27-28,32,40-43,46-47H,4,7,10,12-13,15-19,21-22,24,26,29-31,33-39H2,1-3H3,(H,53,54)(H2,50,51,52)/b6-5-,9-8-,14-11-,23-20-,28-25-,32-27-/t41?,42-,43+/m0/s1. The monoisotopic (exact) mass is 904 g/mol. The van der Waals surface area contributed by atoms with Crippen molar-refractivity contribution in [2.24, 2.45) is 5.92 Å². The molecular weight excluding hydrogens is 826 g/mol. The maximum atomic E-state index is 12.7. The van der Waals surface area contributed by atoms with Crippen LogP contribution in [0.3, 0.4) is 0 Å². The Kier molecular flexibility index (Phi) is 37.5. The summed E-state index contributed by atoms with van der Waals surface area (Å²) in [7, 11) is -9.74. The fraction of sp³-hybridized carbons (Fsp3) is 0.689. The highest BCUT2D eigenvalue weighted by molar-refractivity contribution is 7.47. The number of unbranched alkanes of at least 4 members (excludes halogenated alkanes) is 10. The Morgan fingerprint density at radius 1 is 0.590 bits per heavy atom. The molecule has 61 heavy (non-hydrogen) atoms. The van der Waals surface area contributed by atoms with Crippen LogP contribution in [0.5, 0.6) is 0 Å². The Hall–Kier alpha value is -2.48. The molecule has 0 aromatic carbocycles. The van der Waals surface area contributed by atoms with E-state index in [0.717, 1.165) is 50.9 Å². The summed E-state index contributed by atoms with van der Waals surface area (Å²) in [5, 5.41) is 20.0. The van der Waals surface area contributed by atoms with E-state index in [-0.39, 0.29) is 19.3 Å². The van der Waals surface area contributed by atoms with E-state index in [9.17, 15) is 33.8 Å². The second kappa shape index (κ2) is 39.1. The number of carbonyl (C=O) groups excluding carboxylic acids is 2. The fourth-order valence-electron chi connectivity index (χ4n) is 5.52. The molecule has 16 heteroatoms. The van der Waals surface area contributed by atoms with E-state index in [1.165, 1.54) is 51.4 Å². The van der Waals surface area contributed by atoms with Gasteiger partial charge in [-0.05, 0) is 50.9 Å². The molecule has 352 valence electrons. The van der Waals surface area contributed by atoms with Crippen molar-refractivity contribution in [2.45, 2.75) is 167 Å². The lowest BCUT2D eigenvalue weighted by Crippen LogP contribution is -2.29. The third-order valence-corrected chi connectivity index (χ3v) is 10.3. The zero-order chi connectivity index (χ0) is 45.5. The van der Waals surface area contributed by atoms with Crippen molar-refractivity contribution in [3.63, 3.8) is 0 Å². The molecule has 0 fully saturated rings. The number of esters is 2. The van der Waals surface area contributed by atoms with Gasteiger partial charge in [-0.25, -0.2) is 9.13 Å². The lowest BCUT2D eigenvalue weighted by atomic mass is 10.0. The Labute approximate surface area is 366 Å². The van der Waals surface area contributed by atoms with E-state index >= 15 is 0 Å². The highest BCUT2D eigenvalue weighted by atomic mass is 31.2. The molecule has 2 unspecified atom stereocenters. The van der Waals surface area contributed by atoms with E-state index in [4.69, 9.17) is 23.8 Å². The average molecular weight is 905 g/mol. The highest BCUT2D eigenvalue weighted by Crippen LogP contribution is 2.43. The summed E-state index contributed by atoms with van der Waals surface area (Å²) in [5.74, 6) is -0.442. The molecule has 0 aliphatic carbocycles. The number of aliphatic hydroxyl groups excluding tert-OH is 2. The molecule has 0 amide bonds. The van der Waals surface area contributed by atoms with Crippen molar-refractivity contribution in [1.82, 2.24) is 0 Å². The number of phosphoric acid groups is 2. The van der Waals surface area contributed by atoms with E-state index in [2.05, 4.69) is 66.3 Å². The van der Waals surface area contributed by atoms with Gasteiger partial charge in [0, 0.05) is 12.8 Å². The topological polar surface area (TPSA) is 216 Å². The predicted molar refractivity (Wildman–Crippen MR) is 240 cm³/mol. The lowest BCUT2D eigenvalue weighted by Gasteiger charge is -2.20. The molecule has 0 aromatic rings. The van der Waals surface area contributed by atoms with Crippen LogP contribution in [0, 0.1) is 5.92 Å². The summed E-state index contributed by atoms with van der Waals surface area (Å²) < 4.78 is 47.6. The highest BCUT2D eigenvalue weighted by Gasteiger charge is 2.28. The van der Waals surface area contributed by atoms with Gasteiger partial charge in [-0.3, -0.25) is 23.2 Å². The number of hydrogen-bond donors (Lipinski definition) is 5. The predicted octanol–water partition coefficient (Wildman–Crippen LogP) is 10.2. The maximum Gasteiger partial charge on any atom is 0.472 e. The van der Waals surface area contributed by atoms with Crippen LogP contribution in [-0.2, 0) is 41.8 Å². The van der Waals surface area contributed by atoms with E-state index < -0.39 is 72.3 Å². The third-order valence-electron chi connectivity index (χ3n) is 8.87. The SMILES string of the molecule is CC/C=C\C/C=C\C/C=C\C/C=C\C=C/C(O)C/C=C\CCC(=O)O[C@H](COC(=O)CCCCCCCCCCCCCC(C)C)COP(=O)(O)OC[C@@H](O)COP(=O)(O)O. The summed E-state index contributed by atoms with van der Waals surface area (Å²) in [6.45, 7) is 3.74. The first-order chi connectivity index (χ1) is 29.1. The van der Waals surface area contributed by atoms with Crippen molar-refractivity contribution >= 4 is 27.6 Å². The second-order valence-electron chi connectivity index (χ2n) is 15.3. The van der Waals surface area contributed by atoms with Crippen molar-refractivity contribution in [1.29, 1.82) is 0 Å². The molecule has 0 aromatic heterocycles. The third kappa shape index (κ3) is 43.9. The van der Waals surface area contributed by atoms with Crippen LogP contribution in [0.4, 0.5) is 0 Å². The fourth-order valence-corrected chi connectivity index (χ4v) is 6.68. The number of rotatable bonds is 40. The molecule has 5 N–H and O–H groups in total. The van der Waals surface area contributed by atoms with E-state index in [0.29, 0.717) is 12.8 Å². The molecule has 14 nitrogen and oxygen atoms in total. The first kappa shape index (κ1) is 58.5. The van der Waals surface area contributed by atoms with Crippen LogP contribution in [0.2, 0.25) is 0 Å². The van der Waals surface area contributed by atoms with Crippen LogP contribution in [-0.4, -0.2) is 81.6 Å². The number of aliphatic hydroxyl groups is 2. The number of allylic oxidation sites excluding steroid dienone is 10. The molecule has 0 spiro atoms. The van der Waals surface area contributed by atoms with Gasteiger partial charge in [0.15, 0.2) is 6.10 Å². The summed E-state index contributed by atoms with van der Waals surface area (Å²) in [5.41, 5.74) is 0. The van der Waals surface area contributed by atoms with Crippen LogP contribution < -0.4 is 0 Å². The average Bonchev–Trinajstić information content (AvgIpc) is 3.20. The van der Waals surface area contributed by atoms with Gasteiger partial charge in [0.05, 0.1) is 25.9 Å². The van der Waals surface area contributed by atoms with Crippen LogP contribution in [0.25, 0.3) is 0 Å². The van der Waals surface area contributed by atoms with Gasteiger partial charge in [-0.2, -0.15) is 0 Å². The minimum Gasteiger partial charge on any atom is -0.462 e. The number of phosphoric ester groups is 2. The van der Waals surface area contributed by atoms with Crippen molar-refractivity contribution in [3.05, 3.63) is 72.9 Å². The zero-order valence-corrected chi connectivity index (χ0v) is 38.8. The van der Waals surface area contributed by atoms with Crippen molar-refractivity contribution in [2.75, 3.05) is 26.4 Å². The van der Waals surface area contributed by atoms with Crippen LogP contribution >= 0.6 is 15.6 Å². The quantitative estimate of drug-likeness (QED) is 0.0127. The summed E-state index contributed by atoms with van der Waals surface area (Å²) >= 11 is 0. The van der Waals surface area contributed by atoms with Crippen LogP contribution in [0.15, 0.2) is 72.9 Å². The molecule has 0 heterocycles. The normalized spacial score (nSPS) is 15.3. The van der Waals surface area contributed by atoms with Crippen LogP contribution in [0.1, 0.15) is 149 Å². The zero-order valence-electron chi connectivity index (χ0n) is 37.0. The molecule has 0 radical (unpaired) electrons. The number of ether oxygens (including phenoxy) is 2. The summed E-state index contributed by atoms with van der Waals surface area (Å²) in [6.07, 6.45) is 38.0. The van der Waals surface area contributed by atoms with Gasteiger partial charge < -0.3 is 34.4 Å². The summed E-state index contributed by atoms with van der Waals surface area (Å²) in [4.78, 5) is 52.7. The Morgan fingerprint density at radius 3 is 1.72 bits per heavy atom. The van der Waals surface area contributed by atoms with Crippen molar-refractivity contribution < 1.29 is 66.7 Å². The van der Waals surface area contributed by atoms with Gasteiger partial charge in [-0.1, -0.05) is 164 Å². The molecular formula is C45H78O14P2. The largest absolute Gasteiger partial charge is 0.472 e. The molecule has 0 aliphatic rings. The van der Waals surface area contributed by atoms with Crippen molar-refractivity contribution in [3.8, 4) is 0 Å². The maximum absolute atomic E-state index is 12.7. The van der Waals surface area contributed by atoms with E-state index in [1.807, 2.05) is 12.2 Å². The Balaban J connectivity index is 4.74. The van der Waals surface area contributed by atoms with Gasteiger partial charge in [0.1, 0.15) is 12.7 Å². The molecule has 0 rings (SSSR count). The number of hydrogen-bond acceptors (Lipinski definition) is 11. The first-order valence-corrected chi connectivity index (χ1v) is 25.1. The number of carbonyl (C=O) groups is 2. The Morgan fingerprint density at radius 2 is 1.13 bits per heavy atom. The van der Waals surface area contributed by atoms with E-state index in [1.54, 1.807) is 24.3 Å². The molecule has 0 saturated carbocycles. The van der Waals surface area contributed by atoms with Gasteiger partial charge in [-0.15, -0.1) is 0 Å². The Bertz CT molecular complexity index is 1380. The minimum atomic E-state index is -4.89. The summed E-state index contributed by atoms with van der Waals surface area (Å²) in [6, 6.07) is 0. The van der Waals surface area contributed by atoms with Gasteiger partial charge in [0.2, 0.25) is 0 Å². The molecule has 0 bridgehead atoms. The minimum absolute atomic E-state index is 0.0772. The second-order valence-corrected chi connectivity index (χ2v) is 18.0. The molecule has 4 atom stereocenters. The molecule has 0 saturated heterocycles. The first-order valence-electron chi connectivity index (χ1n) is 22.1. The molecule has 0 aliphatic heterocycles. The van der Waals surface area contributed by atoms with Gasteiger partial charge in [0.25, 0.3) is 0 Å². The van der Waals surface area contributed by atoms with Gasteiger partial charge >= 0.3 is 27.6 Å². The smallest absolute Gasteiger partial charge is 0.462 e.